The lowest BCUT2D eigenvalue weighted by Gasteiger charge is -2.21. The van der Waals surface area contributed by atoms with Crippen LogP contribution in [0.1, 0.15) is 11.1 Å². The summed E-state index contributed by atoms with van der Waals surface area (Å²) < 4.78 is 6.77. The molecule has 100 valence electrons. The fraction of sp³-hybridized carbons (Fsp3) is 0.0667. The minimum atomic E-state index is -0.388. The third-order valence-electron chi connectivity index (χ3n) is 3.15. The van der Waals surface area contributed by atoms with Gasteiger partial charge in [-0.15, -0.1) is 0 Å². The van der Waals surface area contributed by atoms with Gasteiger partial charge in [0.2, 0.25) is 0 Å². The first-order chi connectivity index (χ1) is 9.66. The number of rotatable bonds is 2. The second-order valence-corrected chi connectivity index (χ2v) is 5.67. The highest BCUT2D eigenvalue weighted by atomic mass is 127. The molecule has 0 amide bonds. The highest BCUT2D eigenvalue weighted by Crippen LogP contribution is 2.39. The van der Waals surface area contributed by atoms with Gasteiger partial charge in [-0.25, -0.2) is 0 Å². The van der Waals surface area contributed by atoms with E-state index < -0.39 is 0 Å². The smallest absolute Gasteiger partial charge is 0.269 e. The molecule has 0 N–H and O–H groups in total. The number of ether oxygens (including phenoxy) is 1. The Labute approximate surface area is 129 Å². The molecule has 0 atom stereocenters. The molecule has 1 aliphatic heterocycles. The van der Waals surface area contributed by atoms with Crippen LogP contribution in [0.25, 0.3) is 5.57 Å². The quantitative estimate of drug-likeness (QED) is 0.447. The van der Waals surface area contributed by atoms with Gasteiger partial charge >= 0.3 is 0 Å². The van der Waals surface area contributed by atoms with Crippen molar-refractivity contribution in [2.24, 2.45) is 0 Å². The molecule has 0 saturated heterocycles. The van der Waals surface area contributed by atoms with E-state index in [9.17, 15) is 10.1 Å². The van der Waals surface area contributed by atoms with Crippen molar-refractivity contribution in [2.75, 3.05) is 6.61 Å². The van der Waals surface area contributed by atoms with Crippen LogP contribution >= 0.6 is 22.6 Å². The molecular weight excluding hydrogens is 369 g/mol. The molecule has 5 heteroatoms. The summed E-state index contributed by atoms with van der Waals surface area (Å²) in [5.74, 6) is 0.848. The first-order valence-corrected chi connectivity index (χ1v) is 7.10. The Hall–Kier alpha value is -1.89. The maximum atomic E-state index is 10.7. The van der Waals surface area contributed by atoms with Gasteiger partial charge in [0.1, 0.15) is 12.4 Å². The average Bonchev–Trinajstić information content (AvgIpc) is 2.47. The predicted molar refractivity (Wildman–Crippen MR) is 85.1 cm³/mol. The van der Waals surface area contributed by atoms with Gasteiger partial charge in [0.25, 0.3) is 5.69 Å². The van der Waals surface area contributed by atoms with Gasteiger partial charge in [-0.3, -0.25) is 10.1 Å². The van der Waals surface area contributed by atoms with Gasteiger partial charge in [0, 0.05) is 26.8 Å². The molecule has 20 heavy (non-hydrogen) atoms. The molecule has 0 aromatic heterocycles. The largest absolute Gasteiger partial charge is 0.488 e. The van der Waals surface area contributed by atoms with Crippen molar-refractivity contribution in [1.82, 2.24) is 0 Å². The van der Waals surface area contributed by atoms with E-state index in [0.29, 0.717) is 6.61 Å². The Morgan fingerprint density at radius 2 is 1.80 bits per heavy atom. The summed E-state index contributed by atoms with van der Waals surface area (Å²) in [6.07, 6.45) is 0. The lowest BCUT2D eigenvalue weighted by Crippen LogP contribution is -2.08. The topological polar surface area (TPSA) is 52.4 Å². The molecule has 1 aliphatic rings. The molecule has 1 heterocycles. The Bertz CT molecular complexity index is 707. The number of non-ortho nitro benzene ring substituents is 1. The van der Waals surface area contributed by atoms with Crippen molar-refractivity contribution in [3.8, 4) is 5.75 Å². The van der Waals surface area contributed by atoms with Crippen molar-refractivity contribution in [3.63, 3.8) is 0 Å². The van der Waals surface area contributed by atoms with Crippen molar-refractivity contribution in [1.29, 1.82) is 0 Å². The summed E-state index contributed by atoms with van der Waals surface area (Å²) >= 11 is 2.26. The molecule has 0 saturated carbocycles. The fourth-order valence-corrected chi connectivity index (χ4v) is 2.98. The van der Waals surface area contributed by atoms with Crippen molar-refractivity contribution in [2.45, 2.75) is 0 Å². The number of fused-ring (bicyclic) bond motifs is 1. The van der Waals surface area contributed by atoms with E-state index in [-0.39, 0.29) is 10.6 Å². The molecule has 2 aromatic carbocycles. The van der Waals surface area contributed by atoms with Crippen LogP contribution in [0.5, 0.6) is 5.75 Å². The molecule has 2 aromatic rings. The van der Waals surface area contributed by atoms with E-state index >= 15 is 0 Å². The minimum Gasteiger partial charge on any atom is -0.488 e. The Kier molecular flexibility index (Phi) is 3.43. The Balaban J connectivity index is 2.10. The summed E-state index contributed by atoms with van der Waals surface area (Å²) in [5, 5.41) is 10.7. The first-order valence-electron chi connectivity index (χ1n) is 6.02. The number of hydrogen-bond acceptors (Lipinski definition) is 3. The molecule has 0 fully saturated rings. The number of benzene rings is 2. The molecule has 0 spiro atoms. The van der Waals surface area contributed by atoms with E-state index in [2.05, 4.69) is 22.6 Å². The standard InChI is InChI=1S/C15H10INO3/c16-13-9-20-14-4-2-1-3-12(14)15(13)10-5-7-11(8-6-10)17(18)19/h1-8H,9H2. The molecule has 3 rings (SSSR count). The zero-order valence-corrected chi connectivity index (χ0v) is 12.5. The zero-order chi connectivity index (χ0) is 14.1. The van der Waals surface area contributed by atoms with E-state index in [1.807, 2.05) is 24.3 Å². The number of nitro benzene ring substituents is 1. The monoisotopic (exact) mass is 379 g/mol. The molecule has 4 nitrogen and oxygen atoms in total. The van der Waals surface area contributed by atoms with Gasteiger partial charge in [-0.1, -0.05) is 18.2 Å². The molecule has 0 unspecified atom stereocenters. The third kappa shape index (κ3) is 2.29. The van der Waals surface area contributed by atoms with Crippen molar-refractivity contribution >= 4 is 33.9 Å². The van der Waals surface area contributed by atoms with Gasteiger partial charge in [-0.2, -0.15) is 0 Å². The first kappa shape index (κ1) is 13.1. The van der Waals surface area contributed by atoms with E-state index in [1.54, 1.807) is 12.1 Å². The fourth-order valence-electron chi connectivity index (χ4n) is 2.22. The molecule has 0 bridgehead atoms. The second-order valence-electron chi connectivity index (χ2n) is 4.37. The molecule has 0 radical (unpaired) electrons. The van der Waals surface area contributed by atoms with Crippen LogP contribution in [0, 0.1) is 10.1 Å². The highest BCUT2D eigenvalue weighted by molar-refractivity contribution is 14.1. The second kappa shape index (κ2) is 5.24. The van der Waals surface area contributed by atoms with Crippen LogP contribution in [-0.4, -0.2) is 11.5 Å². The van der Waals surface area contributed by atoms with Crippen LogP contribution in [0.4, 0.5) is 5.69 Å². The summed E-state index contributed by atoms with van der Waals surface area (Å²) in [5.41, 5.74) is 3.18. The summed E-state index contributed by atoms with van der Waals surface area (Å²) in [6.45, 7) is 0.532. The normalized spacial score (nSPS) is 13.7. The van der Waals surface area contributed by atoms with Gasteiger partial charge in [0.15, 0.2) is 0 Å². The summed E-state index contributed by atoms with van der Waals surface area (Å²) in [7, 11) is 0. The summed E-state index contributed by atoms with van der Waals surface area (Å²) in [4.78, 5) is 10.3. The van der Waals surface area contributed by atoms with Crippen molar-refractivity contribution in [3.05, 3.63) is 73.4 Å². The maximum absolute atomic E-state index is 10.7. The molecule has 0 aliphatic carbocycles. The van der Waals surface area contributed by atoms with E-state index in [1.165, 1.54) is 12.1 Å². The SMILES string of the molecule is O=[N+]([O-])c1ccc(C2=C(I)COc3ccccc32)cc1. The van der Waals surface area contributed by atoms with Gasteiger partial charge in [-0.05, 0) is 46.4 Å². The van der Waals surface area contributed by atoms with Crippen LogP contribution in [-0.2, 0) is 0 Å². The van der Waals surface area contributed by atoms with Crippen LogP contribution < -0.4 is 4.74 Å². The van der Waals surface area contributed by atoms with Gasteiger partial charge in [0.05, 0.1) is 4.92 Å². The predicted octanol–water partition coefficient (Wildman–Crippen LogP) is 4.18. The summed E-state index contributed by atoms with van der Waals surface area (Å²) in [6, 6.07) is 14.5. The van der Waals surface area contributed by atoms with Crippen molar-refractivity contribution < 1.29 is 9.66 Å². The number of para-hydroxylation sites is 1. The Morgan fingerprint density at radius 3 is 2.50 bits per heavy atom. The van der Waals surface area contributed by atoms with Crippen LogP contribution in [0.2, 0.25) is 0 Å². The lowest BCUT2D eigenvalue weighted by atomic mass is 9.95. The number of nitro groups is 1. The Morgan fingerprint density at radius 1 is 1.10 bits per heavy atom. The third-order valence-corrected chi connectivity index (χ3v) is 4.00. The maximum Gasteiger partial charge on any atom is 0.269 e. The minimum absolute atomic E-state index is 0.102. The van der Waals surface area contributed by atoms with E-state index in [0.717, 1.165) is 26.0 Å². The van der Waals surface area contributed by atoms with E-state index in [4.69, 9.17) is 4.74 Å². The zero-order valence-electron chi connectivity index (χ0n) is 10.4. The van der Waals surface area contributed by atoms with Gasteiger partial charge < -0.3 is 4.74 Å². The number of halogens is 1. The molecular formula is C15H10INO3. The number of nitrogens with zero attached hydrogens (tertiary/aromatic N) is 1. The van der Waals surface area contributed by atoms with Crippen LogP contribution in [0.3, 0.4) is 0 Å². The lowest BCUT2D eigenvalue weighted by molar-refractivity contribution is -0.384. The number of hydrogen-bond donors (Lipinski definition) is 0. The highest BCUT2D eigenvalue weighted by Gasteiger charge is 2.20. The average molecular weight is 379 g/mol. The van der Waals surface area contributed by atoms with Crippen LogP contribution in [0.15, 0.2) is 52.1 Å².